The van der Waals surface area contributed by atoms with Gasteiger partial charge < -0.3 is 10.6 Å². The Hall–Kier alpha value is -0.0800. The van der Waals surface area contributed by atoms with E-state index >= 15 is 0 Å². The van der Waals surface area contributed by atoms with Crippen LogP contribution in [0.15, 0.2) is 0 Å². The van der Waals surface area contributed by atoms with E-state index in [4.69, 9.17) is 0 Å². The molecule has 0 saturated carbocycles. The van der Waals surface area contributed by atoms with Crippen molar-refractivity contribution in [3.05, 3.63) is 0 Å². The molecule has 1 unspecified atom stereocenters. The lowest BCUT2D eigenvalue weighted by Crippen LogP contribution is -2.37. The van der Waals surface area contributed by atoms with E-state index in [0.717, 1.165) is 6.54 Å². The molecule has 0 aromatic carbocycles. The lowest BCUT2D eigenvalue weighted by Gasteiger charge is -2.14. The molecule has 0 saturated heterocycles. The third-order valence-electron chi connectivity index (χ3n) is 6.18. The van der Waals surface area contributed by atoms with Crippen LogP contribution in [0.25, 0.3) is 0 Å². The van der Waals surface area contributed by atoms with Gasteiger partial charge in [-0.2, -0.15) is 0 Å². The van der Waals surface area contributed by atoms with Crippen LogP contribution in [-0.2, 0) is 0 Å². The fourth-order valence-corrected chi connectivity index (χ4v) is 4.09. The molecule has 0 bridgehead atoms. The standard InChI is InChI=1S/C27H58N2/c1-4-6-8-10-12-14-16-18-20-22-24-28-26-27(3)29-25-23-21-19-17-15-13-11-9-7-5-2/h27-29H,4-26H2,1-3H3. The molecule has 2 heteroatoms. The van der Waals surface area contributed by atoms with Gasteiger partial charge in [0.2, 0.25) is 0 Å². The zero-order chi connectivity index (χ0) is 21.3. The zero-order valence-corrected chi connectivity index (χ0v) is 20.8. The second-order valence-electron chi connectivity index (χ2n) is 9.42. The smallest absolute Gasteiger partial charge is 0.0164 e. The highest BCUT2D eigenvalue weighted by Crippen LogP contribution is 2.11. The van der Waals surface area contributed by atoms with E-state index in [1.54, 1.807) is 0 Å². The molecule has 0 radical (unpaired) electrons. The Labute approximate surface area is 185 Å². The Morgan fingerprint density at radius 2 is 0.793 bits per heavy atom. The zero-order valence-electron chi connectivity index (χ0n) is 20.8. The van der Waals surface area contributed by atoms with Gasteiger partial charge in [-0.1, -0.05) is 129 Å². The van der Waals surface area contributed by atoms with Crippen LogP contribution in [0.5, 0.6) is 0 Å². The summed E-state index contributed by atoms with van der Waals surface area (Å²) in [7, 11) is 0. The largest absolute Gasteiger partial charge is 0.315 e. The van der Waals surface area contributed by atoms with E-state index in [1.807, 2.05) is 0 Å². The molecule has 0 aliphatic heterocycles. The van der Waals surface area contributed by atoms with Gasteiger partial charge >= 0.3 is 0 Å². The van der Waals surface area contributed by atoms with Crippen LogP contribution in [0.1, 0.15) is 149 Å². The molecule has 29 heavy (non-hydrogen) atoms. The molecule has 0 spiro atoms. The summed E-state index contributed by atoms with van der Waals surface area (Å²) in [5, 5.41) is 7.32. The van der Waals surface area contributed by atoms with Crippen molar-refractivity contribution < 1.29 is 0 Å². The van der Waals surface area contributed by atoms with Crippen molar-refractivity contribution >= 4 is 0 Å². The molecule has 176 valence electrons. The molecule has 2 N–H and O–H groups in total. The number of nitrogens with one attached hydrogen (secondary N) is 2. The predicted octanol–water partition coefficient (Wildman–Crippen LogP) is 8.40. The lowest BCUT2D eigenvalue weighted by molar-refractivity contribution is 0.473. The van der Waals surface area contributed by atoms with Gasteiger partial charge in [0.15, 0.2) is 0 Å². The normalized spacial score (nSPS) is 12.5. The minimum Gasteiger partial charge on any atom is -0.315 e. The van der Waals surface area contributed by atoms with Gasteiger partial charge in [0.05, 0.1) is 0 Å². The highest BCUT2D eigenvalue weighted by molar-refractivity contribution is 4.64. The first-order valence-electron chi connectivity index (χ1n) is 13.7. The molecule has 0 rings (SSSR count). The molecule has 0 aliphatic carbocycles. The van der Waals surface area contributed by atoms with Crippen LogP contribution in [0.3, 0.4) is 0 Å². The van der Waals surface area contributed by atoms with Gasteiger partial charge in [0.25, 0.3) is 0 Å². The van der Waals surface area contributed by atoms with Gasteiger partial charge in [-0.3, -0.25) is 0 Å². The van der Waals surface area contributed by atoms with Gasteiger partial charge in [-0.05, 0) is 32.9 Å². The highest BCUT2D eigenvalue weighted by atomic mass is 15.0. The van der Waals surface area contributed by atoms with E-state index < -0.39 is 0 Å². The number of hydrogen-bond acceptors (Lipinski definition) is 2. The van der Waals surface area contributed by atoms with E-state index in [1.165, 1.54) is 142 Å². The van der Waals surface area contributed by atoms with Crippen molar-refractivity contribution in [2.45, 2.75) is 155 Å². The number of unbranched alkanes of at least 4 members (excludes halogenated alkanes) is 18. The SMILES string of the molecule is CCCCCCCCCCCCNCC(C)NCCCCCCCCCCCC. The van der Waals surface area contributed by atoms with Crippen LogP contribution < -0.4 is 10.6 Å². The Bertz CT molecular complexity index is 280. The molecule has 2 nitrogen and oxygen atoms in total. The maximum atomic E-state index is 3.69. The third kappa shape index (κ3) is 25.9. The van der Waals surface area contributed by atoms with Crippen LogP contribution in [0, 0.1) is 0 Å². The Morgan fingerprint density at radius 1 is 0.448 bits per heavy atom. The monoisotopic (exact) mass is 410 g/mol. The van der Waals surface area contributed by atoms with Crippen molar-refractivity contribution in [1.29, 1.82) is 0 Å². The minimum atomic E-state index is 0.608. The van der Waals surface area contributed by atoms with Crippen molar-refractivity contribution in [2.75, 3.05) is 19.6 Å². The first-order valence-corrected chi connectivity index (χ1v) is 13.7. The average Bonchev–Trinajstić information content (AvgIpc) is 2.72. The Balaban J connectivity index is 3.12. The van der Waals surface area contributed by atoms with Crippen LogP contribution >= 0.6 is 0 Å². The molecule has 0 aromatic rings. The minimum absolute atomic E-state index is 0.608. The molecular formula is C27H58N2. The molecular weight excluding hydrogens is 352 g/mol. The maximum Gasteiger partial charge on any atom is 0.0164 e. The molecule has 1 atom stereocenters. The first-order chi connectivity index (χ1) is 14.3. The van der Waals surface area contributed by atoms with Crippen molar-refractivity contribution in [2.24, 2.45) is 0 Å². The fourth-order valence-electron chi connectivity index (χ4n) is 4.09. The summed E-state index contributed by atoms with van der Waals surface area (Å²) in [5.41, 5.74) is 0. The first kappa shape index (κ1) is 28.9. The van der Waals surface area contributed by atoms with E-state index in [0.29, 0.717) is 6.04 Å². The molecule has 0 fully saturated rings. The summed E-state index contributed by atoms with van der Waals surface area (Å²) in [6.45, 7) is 10.4. The van der Waals surface area contributed by atoms with E-state index in [2.05, 4.69) is 31.4 Å². The average molecular weight is 411 g/mol. The van der Waals surface area contributed by atoms with E-state index in [9.17, 15) is 0 Å². The van der Waals surface area contributed by atoms with Crippen molar-refractivity contribution in [1.82, 2.24) is 10.6 Å². The Morgan fingerprint density at radius 3 is 1.21 bits per heavy atom. The topological polar surface area (TPSA) is 24.1 Å². The molecule has 0 amide bonds. The number of rotatable bonds is 25. The Kier molecular flexibility index (Phi) is 25.9. The summed E-state index contributed by atoms with van der Waals surface area (Å²) in [4.78, 5) is 0. The summed E-state index contributed by atoms with van der Waals surface area (Å²) in [6, 6.07) is 0.608. The van der Waals surface area contributed by atoms with Gasteiger partial charge in [0, 0.05) is 12.6 Å². The van der Waals surface area contributed by atoms with Gasteiger partial charge in [-0.25, -0.2) is 0 Å². The number of hydrogen-bond donors (Lipinski definition) is 2. The van der Waals surface area contributed by atoms with Gasteiger partial charge in [0.1, 0.15) is 0 Å². The van der Waals surface area contributed by atoms with Crippen molar-refractivity contribution in [3.63, 3.8) is 0 Å². The second-order valence-corrected chi connectivity index (χ2v) is 9.42. The van der Waals surface area contributed by atoms with Crippen LogP contribution in [-0.4, -0.2) is 25.7 Å². The quantitative estimate of drug-likeness (QED) is 0.148. The van der Waals surface area contributed by atoms with Gasteiger partial charge in [-0.15, -0.1) is 0 Å². The summed E-state index contributed by atoms with van der Waals surface area (Å²) < 4.78 is 0. The van der Waals surface area contributed by atoms with Crippen LogP contribution in [0.2, 0.25) is 0 Å². The second kappa shape index (κ2) is 26.0. The predicted molar refractivity (Wildman–Crippen MR) is 134 cm³/mol. The maximum absolute atomic E-state index is 3.69. The highest BCUT2D eigenvalue weighted by Gasteiger charge is 2.00. The fraction of sp³-hybridized carbons (Fsp3) is 1.00. The van der Waals surface area contributed by atoms with E-state index in [-0.39, 0.29) is 0 Å². The summed E-state index contributed by atoms with van der Waals surface area (Å²) in [6.07, 6.45) is 28.5. The summed E-state index contributed by atoms with van der Waals surface area (Å²) >= 11 is 0. The van der Waals surface area contributed by atoms with Crippen LogP contribution in [0.4, 0.5) is 0 Å². The van der Waals surface area contributed by atoms with Crippen molar-refractivity contribution in [3.8, 4) is 0 Å². The lowest BCUT2D eigenvalue weighted by atomic mass is 10.1. The third-order valence-corrected chi connectivity index (χ3v) is 6.18. The molecule has 0 aromatic heterocycles. The molecule has 0 heterocycles. The molecule has 0 aliphatic rings. The summed E-state index contributed by atoms with van der Waals surface area (Å²) in [5.74, 6) is 0.